The SMILES string of the molecule is c1ccc2cc(-c3c4ccccc4c(-c4ccc(-c5ccc6oc7c8ccccc8ccc7c6c5)cc4)c4ccccc34)ccc2c1. The molecular formula is C46H28O. The maximum absolute atomic E-state index is 6.38. The maximum atomic E-state index is 6.38. The summed E-state index contributed by atoms with van der Waals surface area (Å²) in [6, 6.07) is 61.6. The lowest BCUT2D eigenvalue weighted by Crippen LogP contribution is -1.91. The molecule has 1 heteroatoms. The van der Waals surface area contributed by atoms with Crippen LogP contribution in [0, 0.1) is 0 Å². The van der Waals surface area contributed by atoms with E-state index in [1.807, 2.05) is 0 Å². The second-order valence-corrected chi connectivity index (χ2v) is 12.5. The van der Waals surface area contributed by atoms with E-state index in [0.29, 0.717) is 0 Å². The second kappa shape index (κ2) is 10.2. The number of benzene rings is 9. The Labute approximate surface area is 271 Å². The van der Waals surface area contributed by atoms with Crippen molar-refractivity contribution in [3.63, 3.8) is 0 Å². The van der Waals surface area contributed by atoms with E-state index in [4.69, 9.17) is 4.42 Å². The molecule has 10 rings (SSSR count). The van der Waals surface area contributed by atoms with Gasteiger partial charge < -0.3 is 4.42 Å². The Morgan fingerprint density at radius 2 is 0.787 bits per heavy atom. The average molecular weight is 597 g/mol. The quantitative estimate of drug-likeness (QED) is 0.185. The van der Waals surface area contributed by atoms with Gasteiger partial charge in [-0.25, -0.2) is 0 Å². The Bertz CT molecular complexity index is 2780. The third kappa shape index (κ3) is 4.03. The van der Waals surface area contributed by atoms with Gasteiger partial charge in [0.25, 0.3) is 0 Å². The lowest BCUT2D eigenvalue weighted by Gasteiger charge is -2.18. The number of furan rings is 1. The Balaban J connectivity index is 1.13. The molecule has 0 spiro atoms. The van der Waals surface area contributed by atoms with Crippen molar-refractivity contribution in [3.05, 3.63) is 170 Å². The normalized spacial score (nSPS) is 11.8. The van der Waals surface area contributed by atoms with Crippen molar-refractivity contribution in [2.24, 2.45) is 0 Å². The number of fused-ring (bicyclic) bond motifs is 8. The summed E-state index contributed by atoms with van der Waals surface area (Å²) in [7, 11) is 0. The van der Waals surface area contributed by atoms with Crippen LogP contribution >= 0.6 is 0 Å². The summed E-state index contributed by atoms with van der Waals surface area (Å²) >= 11 is 0. The van der Waals surface area contributed by atoms with Crippen molar-refractivity contribution in [2.45, 2.75) is 0 Å². The molecule has 0 bridgehead atoms. The van der Waals surface area contributed by atoms with Crippen LogP contribution in [0.1, 0.15) is 0 Å². The predicted molar refractivity (Wildman–Crippen MR) is 200 cm³/mol. The van der Waals surface area contributed by atoms with Crippen LogP contribution < -0.4 is 0 Å². The summed E-state index contributed by atoms with van der Waals surface area (Å²) in [5.74, 6) is 0. The van der Waals surface area contributed by atoms with Gasteiger partial charge in [-0.1, -0.05) is 146 Å². The van der Waals surface area contributed by atoms with Crippen molar-refractivity contribution in [1.29, 1.82) is 0 Å². The molecule has 47 heavy (non-hydrogen) atoms. The Hall–Kier alpha value is -6.18. The van der Waals surface area contributed by atoms with Gasteiger partial charge in [-0.05, 0) is 95.3 Å². The van der Waals surface area contributed by atoms with E-state index < -0.39 is 0 Å². The lowest BCUT2D eigenvalue weighted by molar-refractivity contribution is 0.672. The highest BCUT2D eigenvalue weighted by molar-refractivity contribution is 6.22. The minimum absolute atomic E-state index is 0.918. The first-order chi connectivity index (χ1) is 23.3. The van der Waals surface area contributed by atoms with Crippen LogP contribution in [0.4, 0.5) is 0 Å². The zero-order valence-corrected chi connectivity index (χ0v) is 25.6. The van der Waals surface area contributed by atoms with Crippen molar-refractivity contribution in [1.82, 2.24) is 0 Å². The molecule has 0 aliphatic rings. The molecule has 0 radical (unpaired) electrons. The fourth-order valence-electron chi connectivity index (χ4n) is 7.61. The topological polar surface area (TPSA) is 13.1 Å². The molecule has 1 heterocycles. The molecule has 218 valence electrons. The molecule has 0 fully saturated rings. The number of hydrogen-bond donors (Lipinski definition) is 0. The van der Waals surface area contributed by atoms with Crippen molar-refractivity contribution in [2.75, 3.05) is 0 Å². The first-order valence-electron chi connectivity index (χ1n) is 16.2. The van der Waals surface area contributed by atoms with Crippen LogP contribution in [-0.2, 0) is 0 Å². The van der Waals surface area contributed by atoms with E-state index in [9.17, 15) is 0 Å². The Morgan fingerprint density at radius 3 is 1.49 bits per heavy atom. The summed E-state index contributed by atoms with van der Waals surface area (Å²) in [5.41, 5.74) is 9.26. The number of hydrogen-bond acceptors (Lipinski definition) is 1. The van der Waals surface area contributed by atoms with Gasteiger partial charge in [-0.3, -0.25) is 0 Å². The number of rotatable bonds is 3. The van der Waals surface area contributed by atoms with Crippen molar-refractivity contribution < 1.29 is 4.42 Å². The van der Waals surface area contributed by atoms with Gasteiger partial charge in [0.2, 0.25) is 0 Å². The molecule has 0 amide bonds. The molecule has 10 aromatic rings. The maximum Gasteiger partial charge on any atom is 0.143 e. The fraction of sp³-hybridized carbons (Fsp3) is 0. The highest BCUT2D eigenvalue weighted by Gasteiger charge is 2.17. The van der Waals surface area contributed by atoms with Crippen molar-refractivity contribution in [3.8, 4) is 33.4 Å². The summed E-state index contributed by atoms with van der Waals surface area (Å²) in [5, 5.41) is 12.2. The van der Waals surface area contributed by atoms with Crippen LogP contribution in [0.2, 0.25) is 0 Å². The first kappa shape index (κ1) is 26.1. The van der Waals surface area contributed by atoms with Gasteiger partial charge in [-0.2, -0.15) is 0 Å². The van der Waals surface area contributed by atoms with Crippen LogP contribution in [0.15, 0.2) is 174 Å². The lowest BCUT2D eigenvalue weighted by atomic mass is 9.85. The standard InChI is InChI=1S/C46H28O/c1-2-11-33-27-35(22-19-29(33)9-1)45-39-15-7-5-13-37(39)44(38-14-6-8-16-40(38)45)32-20-17-30(18-21-32)34-24-26-43-42(28-34)41-25-23-31-10-3-4-12-36(31)46(41)47-43/h1-28H. The molecule has 0 saturated heterocycles. The zero-order chi connectivity index (χ0) is 30.9. The van der Waals surface area contributed by atoms with E-state index in [0.717, 1.165) is 27.3 Å². The van der Waals surface area contributed by atoms with Gasteiger partial charge in [0, 0.05) is 16.2 Å². The fourth-order valence-corrected chi connectivity index (χ4v) is 7.61. The zero-order valence-electron chi connectivity index (χ0n) is 25.6. The summed E-state index contributed by atoms with van der Waals surface area (Å²) < 4.78 is 6.38. The molecular weight excluding hydrogens is 569 g/mol. The van der Waals surface area contributed by atoms with Crippen LogP contribution in [-0.4, -0.2) is 0 Å². The van der Waals surface area contributed by atoms with E-state index >= 15 is 0 Å². The molecule has 1 nitrogen and oxygen atoms in total. The molecule has 0 saturated carbocycles. The molecule has 9 aromatic carbocycles. The van der Waals surface area contributed by atoms with Gasteiger partial charge in [0.15, 0.2) is 0 Å². The minimum Gasteiger partial charge on any atom is -0.455 e. The molecule has 0 aliphatic carbocycles. The van der Waals surface area contributed by atoms with Crippen molar-refractivity contribution >= 4 is 65.0 Å². The second-order valence-electron chi connectivity index (χ2n) is 12.5. The highest BCUT2D eigenvalue weighted by atomic mass is 16.3. The van der Waals surface area contributed by atoms with E-state index in [1.165, 1.54) is 71.1 Å². The minimum atomic E-state index is 0.918. The average Bonchev–Trinajstić information content (AvgIpc) is 3.52. The van der Waals surface area contributed by atoms with E-state index in [2.05, 4.69) is 170 Å². The largest absolute Gasteiger partial charge is 0.455 e. The summed E-state index contributed by atoms with van der Waals surface area (Å²) in [4.78, 5) is 0. The van der Waals surface area contributed by atoms with Crippen LogP contribution in [0.5, 0.6) is 0 Å². The van der Waals surface area contributed by atoms with E-state index in [-0.39, 0.29) is 0 Å². The molecule has 0 aliphatic heterocycles. The first-order valence-corrected chi connectivity index (χ1v) is 16.2. The van der Waals surface area contributed by atoms with Gasteiger partial charge in [0.1, 0.15) is 11.2 Å². The molecule has 0 N–H and O–H groups in total. The third-order valence-corrected chi connectivity index (χ3v) is 9.84. The van der Waals surface area contributed by atoms with Gasteiger partial charge in [-0.15, -0.1) is 0 Å². The smallest absolute Gasteiger partial charge is 0.143 e. The molecule has 0 unspecified atom stereocenters. The summed E-state index contributed by atoms with van der Waals surface area (Å²) in [6.45, 7) is 0. The van der Waals surface area contributed by atoms with Crippen LogP contribution in [0.25, 0.3) is 98.4 Å². The van der Waals surface area contributed by atoms with Gasteiger partial charge in [0.05, 0.1) is 0 Å². The Kier molecular flexibility index (Phi) is 5.64. The Morgan fingerprint density at radius 1 is 0.277 bits per heavy atom. The van der Waals surface area contributed by atoms with E-state index in [1.54, 1.807) is 0 Å². The third-order valence-electron chi connectivity index (χ3n) is 9.84. The van der Waals surface area contributed by atoms with Gasteiger partial charge >= 0.3 is 0 Å². The van der Waals surface area contributed by atoms with Crippen LogP contribution in [0.3, 0.4) is 0 Å². The monoisotopic (exact) mass is 596 g/mol. The predicted octanol–water partition coefficient (Wildman–Crippen LogP) is 13.2. The molecule has 0 atom stereocenters. The molecule has 1 aromatic heterocycles. The summed E-state index contributed by atoms with van der Waals surface area (Å²) in [6.07, 6.45) is 0. The highest BCUT2D eigenvalue weighted by Crippen LogP contribution is 2.44.